The van der Waals surface area contributed by atoms with Gasteiger partial charge >= 0.3 is 0 Å². The van der Waals surface area contributed by atoms with Gasteiger partial charge in [0, 0.05) is 26.7 Å². The SMILES string of the molecule is CN=C(NCc1ccc(-n2cncn2)cc1)N1CCC(CC(C)C)C1. The molecule has 0 spiro atoms. The lowest BCUT2D eigenvalue weighted by atomic mass is 9.97. The maximum Gasteiger partial charge on any atom is 0.193 e. The van der Waals surface area contributed by atoms with Crippen LogP contribution in [0, 0.1) is 11.8 Å². The van der Waals surface area contributed by atoms with Crippen molar-refractivity contribution in [2.45, 2.75) is 33.2 Å². The summed E-state index contributed by atoms with van der Waals surface area (Å²) in [6.07, 6.45) is 5.82. The van der Waals surface area contributed by atoms with Gasteiger partial charge in [-0.1, -0.05) is 26.0 Å². The number of guanidine groups is 1. The van der Waals surface area contributed by atoms with Crippen LogP contribution in [0.1, 0.15) is 32.3 Å². The van der Waals surface area contributed by atoms with Crippen LogP contribution in [-0.4, -0.2) is 45.8 Å². The molecule has 1 N–H and O–H groups in total. The molecule has 0 saturated carbocycles. The number of rotatable bonds is 5. The summed E-state index contributed by atoms with van der Waals surface area (Å²) in [6.45, 7) is 7.60. The predicted molar refractivity (Wildman–Crippen MR) is 101 cm³/mol. The van der Waals surface area contributed by atoms with E-state index in [9.17, 15) is 0 Å². The minimum atomic E-state index is 0.767. The van der Waals surface area contributed by atoms with Crippen LogP contribution < -0.4 is 5.32 Å². The van der Waals surface area contributed by atoms with Crippen molar-refractivity contribution in [3.8, 4) is 5.69 Å². The Balaban J connectivity index is 1.53. The van der Waals surface area contributed by atoms with Gasteiger partial charge in [-0.3, -0.25) is 4.99 Å². The van der Waals surface area contributed by atoms with Gasteiger partial charge in [0.05, 0.1) is 5.69 Å². The molecular weight excluding hydrogens is 312 g/mol. The lowest BCUT2D eigenvalue weighted by Crippen LogP contribution is -2.39. The van der Waals surface area contributed by atoms with E-state index in [4.69, 9.17) is 0 Å². The molecule has 0 amide bonds. The number of hydrogen-bond acceptors (Lipinski definition) is 3. The monoisotopic (exact) mass is 340 g/mol. The molecular formula is C19H28N6. The average molecular weight is 340 g/mol. The number of nitrogens with one attached hydrogen (secondary N) is 1. The highest BCUT2D eigenvalue weighted by Gasteiger charge is 2.25. The highest BCUT2D eigenvalue weighted by molar-refractivity contribution is 5.80. The smallest absolute Gasteiger partial charge is 0.193 e. The number of hydrogen-bond donors (Lipinski definition) is 1. The van der Waals surface area contributed by atoms with Gasteiger partial charge < -0.3 is 10.2 Å². The van der Waals surface area contributed by atoms with Crippen molar-refractivity contribution in [3.05, 3.63) is 42.5 Å². The Morgan fingerprint density at radius 1 is 1.32 bits per heavy atom. The molecule has 0 aliphatic carbocycles. The van der Waals surface area contributed by atoms with Gasteiger partial charge in [-0.2, -0.15) is 5.10 Å². The molecule has 0 radical (unpaired) electrons. The maximum atomic E-state index is 4.47. The van der Waals surface area contributed by atoms with Crippen LogP contribution in [0.25, 0.3) is 5.69 Å². The molecule has 1 atom stereocenters. The lowest BCUT2D eigenvalue weighted by Gasteiger charge is -2.22. The van der Waals surface area contributed by atoms with Crippen LogP contribution in [-0.2, 0) is 6.54 Å². The number of aliphatic imine (C=N–C) groups is 1. The first-order valence-electron chi connectivity index (χ1n) is 9.05. The van der Waals surface area contributed by atoms with Crippen LogP contribution in [0.2, 0.25) is 0 Å². The summed E-state index contributed by atoms with van der Waals surface area (Å²) in [6, 6.07) is 8.34. The van der Waals surface area contributed by atoms with Crippen LogP contribution in [0.15, 0.2) is 41.9 Å². The van der Waals surface area contributed by atoms with Crippen molar-refractivity contribution in [1.29, 1.82) is 0 Å². The van der Waals surface area contributed by atoms with E-state index in [1.807, 2.05) is 7.05 Å². The Hall–Kier alpha value is -2.37. The van der Waals surface area contributed by atoms with Crippen LogP contribution in [0.3, 0.4) is 0 Å². The summed E-state index contributed by atoms with van der Waals surface area (Å²) in [5, 5.41) is 7.64. The topological polar surface area (TPSA) is 58.3 Å². The summed E-state index contributed by atoms with van der Waals surface area (Å²) in [5.41, 5.74) is 2.24. The van der Waals surface area contributed by atoms with Gasteiger partial charge in [0.2, 0.25) is 0 Å². The van der Waals surface area contributed by atoms with Crippen molar-refractivity contribution in [1.82, 2.24) is 25.0 Å². The fraction of sp³-hybridized carbons (Fsp3) is 0.526. The molecule has 134 valence electrons. The normalized spacial score (nSPS) is 18.2. The molecule has 1 saturated heterocycles. The second-order valence-electron chi connectivity index (χ2n) is 7.14. The van der Waals surface area contributed by atoms with E-state index in [0.29, 0.717) is 0 Å². The number of likely N-dealkylation sites (tertiary alicyclic amines) is 1. The van der Waals surface area contributed by atoms with E-state index in [2.05, 4.69) is 63.4 Å². The van der Waals surface area contributed by atoms with Gasteiger partial charge in [-0.15, -0.1) is 0 Å². The van der Waals surface area contributed by atoms with Crippen molar-refractivity contribution in [2.75, 3.05) is 20.1 Å². The quantitative estimate of drug-likeness (QED) is 0.672. The summed E-state index contributed by atoms with van der Waals surface area (Å²) in [7, 11) is 1.87. The van der Waals surface area contributed by atoms with E-state index in [1.54, 1.807) is 17.3 Å². The van der Waals surface area contributed by atoms with Crippen LogP contribution in [0.5, 0.6) is 0 Å². The summed E-state index contributed by atoms with van der Waals surface area (Å²) < 4.78 is 1.76. The fourth-order valence-electron chi connectivity index (χ4n) is 3.51. The molecule has 3 rings (SSSR count). The third-order valence-electron chi connectivity index (χ3n) is 4.67. The van der Waals surface area contributed by atoms with Gasteiger partial charge in [-0.25, -0.2) is 9.67 Å². The highest BCUT2D eigenvalue weighted by atomic mass is 15.3. The Bertz CT molecular complexity index is 674. The number of nitrogens with zero attached hydrogens (tertiary/aromatic N) is 5. The first-order chi connectivity index (χ1) is 12.2. The standard InChI is InChI=1S/C19H28N6/c1-15(2)10-17-8-9-24(12-17)19(20-3)22-11-16-4-6-18(7-5-16)25-14-21-13-23-25/h4-7,13-15,17H,8-12H2,1-3H3,(H,20,22). The number of benzene rings is 1. The minimum Gasteiger partial charge on any atom is -0.352 e. The zero-order valence-electron chi connectivity index (χ0n) is 15.4. The van der Waals surface area contributed by atoms with E-state index in [-0.39, 0.29) is 0 Å². The lowest BCUT2D eigenvalue weighted by molar-refractivity contribution is 0.403. The molecule has 25 heavy (non-hydrogen) atoms. The van der Waals surface area contributed by atoms with Crippen molar-refractivity contribution in [2.24, 2.45) is 16.8 Å². The molecule has 1 unspecified atom stereocenters. The highest BCUT2D eigenvalue weighted by Crippen LogP contribution is 2.23. The molecule has 6 heteroatoms. The second kappa shape index (κ2) is 8.14. The molecule has 0 bridgehead atoms. The van der Waals surface area contributed by atoms with E-state index in [0.717, 1.165) is 43.1 Å². The zero-order valence-corrected chi connectivity index (χ0v) is 15.4. The van der Waals surface area contributed by atoms with Crippen LogP contribution >= 0.6 is 0 Å². The van der Waals surface area contributed by atoms with E-state index in [1.165, 1.54) is 18.4 Å². The minimum absolute atomic E-state index is 0.767. The predicted octanol–water partition coefficient (Wildman–Crippen LogP) is 2.71. The molecule has 1 aliphatic heterocycles. The van der Waals surface area contributed by atoms with Gasteiger partial charge in [-0.05, 0) is 42.4 Å². The summed E-state index contributed by atoms with van der Waals surface area (Å²) >= 11 is 0. The largest absolute Gasteiger partial charge is 0.352 e. The fourth-order valence-corrected chi connectivity index (χ4v) is 3.51. The van der Waals surface area contributed by atoms with Gasteiger partial charge in [0.15, 0.2) is 5.96 Å². The van der Waals surface area contributed by atoms with Gasteiger partial charge in [0.1, 0.15) is 12.7 Å². The number of aromatic nitrogens is 3. The summed E-state index contributed by atoms with van der Waals surface area (Å²) in [5.74, 6) is 2.57. The Labute approximate surface area is 150 Å². The third-order valence-corrected chi connectivity index (χ3v) is 4.67. The molecule has 6 nitrogen and oxygen atoms in total. The second-order valence-corrected chi connectivity index (χ2v) is 7.14. The van der Waals surface area contributed by atoms with Gasteiger partial charge in [0.25, 0.3) is 0 Å². The van der Waals surface area contributed by atoms with Crippen molar-refractivity contribution < 1.29 is 0 Å². The van der Waals surface area contributed by atoms with Crippen molar-refractivity contribution >= 4 is 5.96 Å². The molecule has 1 aromatic carbocycles. The third kappa shape index (κ3) is 4.59. The van der Waals surface area contributed by atoms with Crippen LogP contribution in [0.4, 0.5) is 0 Å². The molecule has 2 heterocycles. The Kier molecular flexibility index (Phi) is 5.68. The Morgan fingerprint density at radius 2 is 2.12 bits per heavy atom. The molecule has 1 aromatic heterocycles. The molecule has 2 aromatic rings. The van der Waals surface area contributed by atoms with E-state index < -0.39 is 0 Å². The summed E-state index contributed by atoms with van der Waals surface area (Å²) in [4.78, 5) is 10.8. The average Bonchev–Trinajstić information content (AvgIpc) is 3.28. The first kappa shape index (κ1) is 17.5. The first-order valence-corrected chi connectivity index (χ1v) is 9.05. The molecule has 1 aliphatic rings. The Morgan fingerprint density at radius 3 is 2.76 bits per heavy atom. The van der Waals surface area contributed by atoms with Crippen molar-refractivity contribution in [3.63, 3.8) is 0 Å². The van der Waals surface area contributed by atoms with E-state index >= 15 is 0 Å². The maximum absolute atomic E-state index is 4.47. The molecule has 1 fully saturated rings. The zero-order chi connectivity index (χ0) is 17.6.